The first kappa shape index (κ1) is 15.0. The predicted octanol–water partition coefficient (Wildman–Crippen LogP) is 3.10. The zero-order chi connectivity index (χ0) is 14.8. The van der Waals surface area contributed by atoms with Crippen LogP contribution in [-0.2, 0) is 12.6 Å². The van der Waals surface area contributed by atoms with Crippen molar-refractivity contribution in [2.24, 2.45) is 0 Å². The third-order valence-corrected chi connectivity index (χ3v) is 3.88. The molecule has 2 aromatic rings. The molecular formula is C10H10F3N5S2. The van der Waals surface area contributed by atoms with Gasteiger partial charge in [0.1, 0.15) is 10.9 Å². The second-order valence-electron chi connectivity index (χ2n) is 3.59. The van der Waals surface area contributed by atoms with Crippen LogP contribution in [0.5, 0.6) is 0 Å². The van der Waals surface area contributed by atoms with E-state index in [1.807, 2.05) is 6.92 Å². The molecule has 10 heteroatoms. The van der Waals surface area contributed by atoms with Gasteiger partial charge < -0.3 is 5.32 Å². The molecule has 0 amide bonds. The molecule has 0 bridgehead atoms. The smallest absolute Gasteiger partial charge is 0.357 e. The van der Waals surface area contributed by atoms with E-state index in [9.17, 15) is 13.2 Å². The highest BCUT2D eigenvalue weighted by atomic mass is 32.2. The molecule has 0 fully saturated rings. The molecule has 1 N–H and O–H groups in total. The third-order valence-electron chi connectivity index (χ3n) is 2.17. The molecule has 2 rings (SSSR count). The Labute approximate surface area is 121 Å². The number of alkyl halides is 3. The number of aromatic nitrogens is 4. The van der Waals surface area contributed by atoms with Crippen LogP contribution in [0.3, 0.4) is 0 Å². The van der Waals surface area contributed by atoms with Gasteiger partial charge in [-0.15, -0.1) is 0 Å². The quantitative estimate of drug-likeness (QED) is 0.873. The Morgan fingerprint density at radius 2 is 2.05 bits per heavy atom. The molecule has 0 aliphatic heterocycles. The molecule has 0 unspecified atom stereocenters. The summed E-state index contributed by atoms with van der Waals surface area (Å²) >= 11 is 2.17. The molecule has 0 spiro atoms. The Morgan fingerprint density at radius 3 is 2.60 bits per heavy atom. The highest BCUT2D eigenvalue weighted by Crippen LogP contribution is 2.33. The Bertz CT molecular complexity index is 599. The number of anilines is 1. The van der Waals surface area contributed by atoms with Gasteiger partial charge in [-0.25, -0.2) is 15.0 Å². The molecule has 0 aromatic carbocycles. The summed E-state index contributed by atoms with van der Waals surface area (Å²) in [5.41, 5.74) is -0.986. The SMILES string of the molecule is CCc1nsc(Sc2cc(C(F)(F)F)nc(NC)n2)n1. The minimum Gasteiger partial charge on any atom is -0.357 e. The van der Waals surface area contributed by atoms with Crippen molar-refractivity contribution in [3.05, 3.63) is 17.6 Å². The maximum atomic E-state index is 12.7. The molecule has 0 radical (unpaired) electrons. The molecule has 108 valence electrons. The molecule has 0 atom stereocenters. The number of aryl methyl sites for hydroxylation is 1. The molecule has 0 saturated carbocycles. The van der Waals surface area contributed by atoms with Gasteiger partial charge in [0.05, 0.1) is 0 Å². The normalized spacial score (nSPS) is 11.7. The highest BCUT2D eigenvalue weighted by Gasteiger charge is 2.33. The molecule has 5 nitrogen and oxygen atoms in total. The first-order chi connectivity index (χ1) is 9.42. The Kier molecular flexibility index (Phi) is 4.43. The minimum absolute atomic E-state index is 0.0810. The van der Waals surface area contributed by atoms with Crippen molar-refractivity contribution in [1.82, 2.24) is 19.3 Å². The molecule has 2 aromatic heterocycles. The standard InChI is InChI=1S/C10H10F3N5S2/c1-3-6-16-9(20-18-6)19-7-4-5(10(11,12)13)15-8(14-2)17-7/h4H,3H2,1-2H3,(H,14,15,17). The van der Waals surface area contributed by atoms with Gasteiger partial charge in [0.2, 0.25) is 5.95 Å². The van der Waals surface area contributed by atoms with E-state index in [-0.39, 0.29) is 11.0 Å². The summed E-state index contributed by atoms with van der Waals surface area (Å²) in [5, 5.41) is 2.69. The summed E-state index contributed by atoms with van der Waals surface area (Å²) in [4.78, 5) is 11.5. The van der Waals surface area contributed by atoms with Crippen molar-refractivity contribution in [2.45, 2.75) is 28.9 Å². The van der Waals surface area contributed by atoms with Crippen LogP contribution in [0.15, 0.2) is 15.4 Å². The van der Waals surface area contributed by atoms with E-state index >= 15 is 0 Å². The Hall–Kier alpha value is -1.42. The monoisotopic (exact) mass is 321 g/mol. The van der Waals surface area contributed by atoms with E-state index < -0.39 is 11.9 Å². The minimum atomic E-state index is -4.51. The zero-order valence-electron chi connectivity index (χ0n) is 10.5. The molecule has 0 saturated heterocycles. The lowest BCUT2D eigenvalue weighted by atomic mass is 10.4. The van der Waals surface area contributed by atoms with Crippen LogP contribution in [-0.4, -0.2) is 26.4 Å². The van der Waals surface area contributed by atoms with Crippen LogP contribution in [0, 0.1) is 0 Å². The maximum absolute atomic E-state index is 12.7. The van der Waals surface area contributed by atoms with Crippen molar-refractivity contribution < 1.29 is 13.2 Å². The van der Waals surface area contributed by atoms with Gasteiger partial charge in [0.15, 0.2) is 10.0 Å². The Balaban J connectivity index is 2.31. The van der Waals surface area contributed by atoms with Gasteiger partial charge in [-0.05, 0) is 23.3 Å². The highest BCUT2D eigenvalue weighted by molar-refractivity contribution is 8.00. The summed E-state index contributed by atoms with van der Waals surface area (Å²) in [6.07, 6.45) is -3.84. The maximum Gasteiger partial charge on any atom is 0.433 e. The van der Waals surface area contributed by atoms with Crippen molar-refractivity contribution >= 4 is 29.2 Å². The van der Waals surface area contributed by atoms with E-state index in [0.29, 0.717) is 16.6 Å². The molecule has 2 heterocycles. The topological polar surface area (TPSA) is 63.6 Å². The molecular weight excluding hydrogens is 311 g/mol. The summed E-state index contributed by atoms with van der Waals surface area (Å²) < 4.78 is 42.8. The Morgan fingerprint density at radius 1 is 1.30 bits per heavy atom. The largest absolute Gasteiger partial charge is 0.433 e. The lowest BCUT2D eigenvalue weighted by Crippen LogP contribution is -2.11. The van der Waals surface area contributed by atoms with Crippen molar-refractivity contribution in [1.29, 1.82) is 0 Å². The second-order valence-corrected chi connectivity index (χ2v) is 5.61. The van der Waals surface area contributed by atoms with Gasteiger partial charge >= 0.3 is 6.18 Å². The number of nitrogens with one attached hydrogen (secondary N) is 1. The first-order valence-corrected chi connectivity index (χ1v) is 7.16. The zero-order valence-corrected chi connectivity index (χ0v) is 12.2. The number of hydrogen-bond donors (Lipinski definition) is 1. The van der Waals surface area contributed by atoms with Crippen molar-refractivity contribution in [3.8, 4) is 0 Å². The fourth-order valence-electron chi connectivity index (χ4n) is 1.25. The van der Waals surface area contributed by atoms with Crippen LogP contribution >= 0.6 is 23.3 Å². The summed E-state index contributed by atoms with van der Waals surface area (Å²) in [6, 6.07) is 0.901. The van der Waals surface area contributed by atoms with Gasteiger partial charge in [0, 0.05) is 19.5 Å². The molecule has 0 aliphatic rings. The average molecular weight is 321 g/mol. The number of nitrogens with zero attached hydrogens (tertiary/aromatic N) is 4. The lowest BCUT2D eigenvalue weighted by molar-refractivity contribution is -0.141. The van der Waals surface area contributed by atoms with Gasteiger partial charge in [-0.1, -0.05) is 6.92 Å². The number of halogens is 3. The van der Waals surface area contributed by atoms with E-state index in [1.54, 1.807) is 0 Å². The molecule has 20 heavy (non-hydrogen) atoms. The summed E-state index contributed by atoms with van der Waals surface area (Å²) in [5.74, 6) is 0.582. The summed E-state index contributed by atoms with van der Waals surface area (Å²) in [7, 11) is 1.46. The molecule has 0 aliphatic carbocycles. The first-order valence-electron chi connectivity index (χ1n) is 5.57. The van der Waals surface area contributed by atoms with E-state index in [2.05, 4.69) is 24.6 Å². The van der Waals surface area contributed by atoms with Crippen LogP contribution in [0.4, 0.5) is 19.1 Å². The fraction of sp³-hybridized carbons (Fsp3) is 0.400. The van der Waals surface area contributed by atoms with Crippen LogP contribution in [0.25, 0.3) is 0 Å². The lowest BCUT2D eigenvalue weighted by Gasteiger charge is -2.08. The van der Waals surface area contributed by atoms with Crippen molar-refractivity contribution in [2.75, 3.05) is 12.4 Å². The van der Waals surface area contributed by atoms with E-state index in [0.717, 1.165) is 29.4 Å². The van der Waals surface area contributed by atoms with Crippen LogP contribution in [0.2, 0.25) is 0 Å². The second kappa shape index (κ2) is 5.92. The number of rotatable bonds is 4. The third kappa shape index (κ3) is 3.57. The van der Waals surface area contributed by atoms with E-state index in [4.69, 9.17) is 0 Å². The van der Waals surface area contributed by atoms with Gasteiger partial charge in [-0.3, -0.25) is 0 Å². The van der Waals surface area contributed by atoms with Crippen LogP contribution in [0.1, 0.15) is 18.4 Å². The number of hydrogen-bond acceptors (Lipinski definition) is 7. The average Bonchev–Trinajstić information content (AvgIpc) is 2.85. The predicted molar refractivity (Wildman–Crippen MR) is 70.0 cm³/mol. The summed E-state index contributed by atoms with van der Waals surface area (Å²) in [6.45, 7) is 1.90. The van der Waals surface area contributed by atoms with E-state index in [1.165, 1.54) is 7.05 Å². The van der Waals surface area contributed by atoms with Crippen molar-refractivity contribution in [3.63, 3.8) is 0 Å². The van der Waals surface area contributed by atoms with Gasteiger partial charge in [0.25, 0.3) is 0 Å². The fourth-order valence-corrected chi connectivity index (χ4v) is 2.90. The van der Waals surface area contributed by atoms with Crippen LogP contribution < -0.4 is 5.32 Å². The van der Waals surface area contributed by atoms with Gasteiger partial charge in [-0.2, -0.15) is 17.5 Å².